The molecular weight excluding hydrogens is 164 g/mol. The third kappa shape index (κ3) is 3.47. The summed E-state index contributed by atoms with van der Waals surface area (Å²) in [6.45, 7) is 5.84. The molecule has 2 heteroatoms. The minimum atomic E-state index is 0.312. The van der Waals surface area contributed by atoms with Gasteiger partial charge in [0.1, 0.15) is 5.78 Å². The molecule has 0 aromatic carbocycles. The smallest absolute Gasteiger partial charge is 0.132 e. The molecule has 1 aliphatic carbocycles. The molecule has 0 radical (unpaired) electrons. The van der Waals surface area contributed by atoms with Crippen LogP contribution in [-0.4, -0.2) is 18.0 Å². The Balaban J connectivity index is 2.26. The van der Waals surface area contributed by atoms with E-state index < -0.39 is 0 Å². The highest BCUT2D eigenvalue weighted by atomic mass is 16.5. The summed E-state index contributed by atoms with van der Waals surface area (Å²) in [7, 11) is 0. The third-order valence-electron chi connectivity index (χ3n) is 2.71. The van der Waals surface area contributed by atoms with Crippen molar-refractivity contribution in [2.75, 3.05) is 0 Å². The Morgan fingerprint density at radius 2 is 1.77 bits per heavy atom. The van der Waals surface area contributed by atoms with Crippen LogP contribution >= 0.6 is 0 Å². The van der Waals surface area contributed by atoms with Gasteiger partial charge in [-0.15, -0.1) is 0 Å². The van der Waals surface area contributed by atoms with E-state index in [-0.39, 0.29) is 0 Å². The van der Waals surface area contributed by atoms with E-state index in [1.54, 1.807) is 6.92 Å². The SMILES string of the molecule is CC(=O)C1CCC(OC(C)C)CC1. The molecule has 0 atom stereocenters. The molecule has 2 nitrogen and oxygen atoms in total. The van der Waals surface area contributed by atoms with E-state index in [4.69, 9.17) is 4.74 Å². The van der Waals surface area contributed by atoms with Crippen LogP contribution in [0.1, 0.15) is 46.5 Å². The van der Waals surface area contributed by atoms with E-state index >= 15 is 0 Å². The van der Waals surface area contributed by atoms with Crippen LogP contribution in [-0.2, 0) is 9.53 Å². The summed E-state index contributed by atoms with van der Waals surface area (Å²) in [6.07, 6.45) is 4.87. The van der Waals surface area contributed by atoms with Crippen molar-refractivity contribution < 1.29 is 9.53 Å². The second kappa shape index (κ2) is 4.75. The number of hydrogen-bond donors (Lipinski definition) is 0. The predicted molar refractivity (Wildman–Crippen MR) is 52.6 cm³/mol. The molecule has 1 fully saturated rings. The molecule has 0 N–H and O–H groups in total. The van der Waals surface area contributed by atoms with Gasteiger partial charge in [-0.2, -0.15) is 0 Å². The van der Waals surface area contributed by atoms with Crippen molar-refractivity contribution in [2.24, 2.45) is 5.92 Å². The number of hydrogen-bond acceptors (Lipinski definition) is 2. The monoisotopic (exact) mass is 184 g/mol. The molecule has 13 heavy (non-hydrogen) atoms. The molecule has 1 aliphatic rings. The molecule has 76 valence electrons. The van der Waals surface area contributed by atoms with Gasteiger partial charge >= 0.3 is 0 Å². The summed E-state index contributed by atoms with van der Waals surface area (Å²) in [5.41, 5.74) is 0. The van der Waals surface area contributed by atoms with Crippen LogP contribution in [0.2, 0.25) is 0 Å². The number of rotatable bonds is 3. The Kier molecular flexibility index (Phi) is 3.91. The first-order valence-electron chi connectivity index (χ1n) is 5.25. The zero-order chi connectivity index (χ0) is 9.84. The maximum atomic E-state index is 11.1. The van der Waals surface area contributed by atoms with Gasteiger partial charge in [-0.1, -0.05) is 0 Å². The lowest BCUT2D eigenvalue weighted by molar-refractivity contribution is -0.123. The molecule has 0 spiro atoms. The van der Waals surface area contributed by atoms with Crippen LogP contribution in [0.15, 0.2) is 0 Å². The number of Topliss-reactive ketones (excluding diaryl/α,β-unsaturated/α-hetero) is 1. The predicted octanol–water partition coefficient (Wildman–Crippen LogP) is 2.56. The van der Waals surface area contributed by atoms with Crippen LogP contribution in [0.3, 0.4) is 0 Å². The maximum absolute atomic E-state index is 11.1. The topological polar surface area (TPSA) is 26.3 Å². The van der Waals surface area contributed by atoms with Crippen molar-refractivity contribution >= 4 is 5.78 Å². The zero-order valence-corrected chi connectivity index (χ0v) is 8.88. The second-order valence-electron chi connectivity index (χ2n) is 4.27. The number of ether oxygens (including phenoxy) is 1. The van der Waals surface area contributed by atoms with Gasteiger partial charge in [0.15, 0.2) is 0 Å². The van der Waals surface area contributed by atoms with Gasteiger partial charge in [0.2, 0.25) is 0 Å². The Hall–Kier alpha value is -0.370. The van der Waals surface area contributed by atoms with Gasteiger partial charge < -0.3 is 4.74 Å². The molecule has 0 aromatic heterocycles. The Labute approximate surface area is 80.7 Å². The zero-order valence-electron chi connectivity index (χ0n) is 8.88. The van der Waals surface area contributed by atoms with E-state index in [0.717, 1.165) is 25.7 Å². The summed E-state index contributed by atoms with van der Waals surface area (Å²) < 4.78 is 5.71. The van der Waals surface area contributed by atoms with Crippen LogP contribution < -0.4 is 0 Å². The lowest BCUT2D eigenvalue weighted by Gasteiger charge is -2.28. The summed E-state index contributed by atoms with van der Waals surface area (Å²) in [6, 6.07) is 0. The molecule has 0 saturated heterocycles. The fraction of sp³-hybridized carbons (Fsp3) is 0.909. The quantitative estimate of drug-likeness (QED) is 0.673. The number of carbonyl (C=O) groups excluding carboxylic acids is 1. The first-order valence-corrected chi connectivity index (χ1v) is 5.25. The fourth-order valence-electron chi connectivity index (χ4n) is 1.99. The first-order chi connectivity index (χ1) is 6.09. The lowest BCUT2D eigenvalue weighted by atomic mass is 9.85. The molecule has 0 aliphatic heterocycles. The van der Waals surface area contributed by atoms with Crippen LogP contribution in [0.5, 0.6) is 0 Å². The maximum Gasteiger partial charge on any atom is 0.132 e. The van der Waals surface area contributed by atoms with Crippen LogP contribution in [0, 0.1) is 5.92 Å². The fourth-order valence-corrected chi connectivity index (χ4v) is 1.99. The highest BCUT2D eigenvalue weighted by Crippen LogP contribution is 2.27. The average Bonchev–Trinajstić information content (AvgIpc) is 2.04. The highest BCUT2D eigenvalue weighted by molar-refractivity contribution is 5.78. The molecule has 0 heterocycles. The van der Waals surface area contributed by atoms with E-state index in [0.29, 0.717) is 23.9 Å². The van der Waals surface area contributed by atoms with Gasteiger partial charge in [0, 0.05) is 5.92 Å². The molecule has 1 saturated carbocycles. The minimum Gasteiger partial charge on any atom is -0.376 e. The van der Waals surface area contributed by atoms with E-state index in [2.05, 4.69) is 13.8 Å². The Bertz CT molecular complexity index is 167. The second-order valence-corrected chi connectivity index (χ2v) is 4.27. The third-order valence-corrected chi connectivity index (χ3v) is 2.71. The standard InChI is InChI=1S/C11H20O2/c1-8(2)13-11-6-4-10(5-7-11)9(3)12/h8,10-11H,4-7H2,1-3H3. The normalized spacial score (nSPS) is 29.2. The number of ketones is 1. The highest BCUT2D eigenvalue weighted by Gasteiger charge is 2.24. The van der Waals surface area contributed by atoms with Crippen molar-refractivity contribution in [3.63, 3.8) is 0 Å². The lowest BCUT2D eigenvalue weighted by Crippen LogP contribution is -2.26. The summed E-state index contributed by atoms with van der Waals surface area (Å²) >= 11 is 0. The Morgan fingerprint density at radius 3 is 2.15 bits per heavy atom. The summed E-state index contributed by atoms with van der Waals surface area (Å²) in [4.78, 5) is 11.1. The van der Waals surface area contributed by atoms with Crippen molar-refractivity contribution in [3.05, 3.63) is 0 Å². The van der Waals surface area contributed by atoms with E-state index in [9.17, 15) is 4.79 Å². The minimum absolute atomic E-state index is 0.312. The molecule has 0 aromatic rings. The van der Waals surface area contributed by atoms with Crippen LogP contribution in [0.25, 0.3) is 0 Å². The molecular formula is C11H20O2. The van der Waals surface area contributed by atoms with Gasteiger partial charge in [-0.25, -0.2) is 0 Å². The van der Waals surface area contributed by atoms with Gasteiger partial charge in [0.25, 0.3) is 0 Å². The van der Waals surface area contributed by atoms with Crippen molar-refractivity contribution in [2.45, 2.75) is 58.7 Å². The first kappa shape index (κ1) is 10.7. The molecule has 0 unspecified atom stereocenters. The summed E-state index contributed by atoms with van der Waals surface area (Å²) in [5.74, 6) is 0.662. The van der Waals surface area contributed by atoms with Gasteiger partial charge in [-0.05, 0) is 46.5 Å². The van der Waals surface area contributed by atoms with Gasteiger partial charge in [-0.3, -0.25) is 4.79 Å². The van der Waals surface area contributed by atoms with Crippen molar-refractivity contribution in [3.8, 4) is 0 Å². The van der Waals surface area contributed by atoms with E-state index in [1.165, 1.54) is 0 Å². The van der Waals surface area contributed by atoms with Crippen LogP contribution in [0.4, 0.5) is 0 Å². The number of carbonyl (C=O) groups is 1. The van der Waals surface area contributed by atoms with Crippen molar-refractivity contribution in [1.82, 2.24) is 0 Å². The molecule has 0 bridgehead atoms. The van der Waals surface area contributed by atoms with Gasteiger partial charge in [0.05, 0.1) is 12.2 Å². The van der Waals surface area contributed by atoms with Crippen molar-refractivity contribution in [1.29, 1.82) is 0 Å². The Morgan fingerprint density at radius 1 is 1.23 bits per heavy atom. The van der Waals surface area contributed by atoms with E-state index in [1.807, 2.05) is 0 Å². The largest absolute Gasteiger partial charge is 0.376 e. The average molecular weight is 184 g/mol. The summed E-state index contributed by atoms with van der Waals surface area (Å²) in [5, 5.41) is 0. The molecule has 1 rings (SSSR count). The molecule has 0 amide bonds.